The Balaban J connectivity index is 1.20. The van der Waals surface area contributed by atoms with Gasteiger partial charge in [-0.15, -0.1) is 0 Å². The van der Waals surface area contributed by atoms with Gasteiger partial charge in [0.2, 0.25) is 0 Å². The van der Waals surface area contributed by atoms with E-state index >= 15 is 0 Å². The van der Waals surface area contributed by atoms with Crippen molar-refractivity contribution in [1.29, 1.82) is 0 Å². The Morgan fingerprint density at radius 1 is 0.452 bits per heavy atom. The second kappa shape index (κ2) is 9.68. The molecule has 2 nitrogen and oxygen atoms in total. The van der Waals surface area contributed by atoms with Gasteiger partial charge in [-0.05, 0) is 52.6 Å². The van der Waals surface area contributed by atoms with Crippen LogP contribution in [0.15, 0.2) is 143 Å². The van der Waals surface area contributed by atoms with Crippen LogP contribution >= 0.6 is 11.8 Å². The van der Waals surface area contributed by atoms with Gasteiger partial charge in [0.05, 0.1) is 22.4 Å². The predicted octanol–water partition coefficient (Wildman–Crippen LogP) is 10.6. The van der Waals surface area contributed by atoms with Crippen LogP contribution in [0.4, 0.5) is 0 Å². The Labute approximate surface area is 250 Å². The summed E-state index contributed by atoms with van der Waals surface area (Å²) in [6.45, 7) is 4.66. The summed E-state index contributed by atoms with van der Waals surface area (Å²) in [5.74, 6) is 0. The summed E-state index contributed by atoms with van der Waals surface area (Å²) in [7, 11) is 0. The molecule has 7 aromatic rings. The summed E-state index contributed by atoms with van der Waals surface area (Å²) >= 11 is 1.88. The fourth-order valence-corrected chi connectivity index (χ4v) is 7.63. The summed E-state index contributed by atoms with van der Waals surface area (Å²) in [4.78, 5) is 12.9. The van der Waals surface area contributed by atoms with Crippen LogP contribution in [0.2, 0.25) is 0 Å². The van der Waals surface area contributed by atoms with Gasteiger partial charge in [0.15, 0.2) is 0 Å². The van der Waals surface area contributed by atoms with Crippen molar-refractivity contribution < 1.29 is 0 Å². The van der Waals surface area contributed by atoms with Crippen LogP contribution in [0.1, 0.15) is 25.0 Å². The molecular formula is C39H28N2S. The highest BCUT2D eigenvalue weighted by Gasteiger charge is 2.32. The van der Waals surface area contributed by atoms with Crippen LogP contribution in [0.25, 0.3) is 55.4 Å². The van der Waals surface area contributed by atoms with E-state index in [4.69, 9.17) is 9.97 Å². The standard InChI is InChI=1S/C39H28N2S/c1-39(2)31-13-6-7-14-35(31)42-36-24-29(17-20-32(36)39)28-11-8-12-30(23-28)34-22-19-27-16-15-26-18-21-33(25-9-4-3-5-10-25)40-37(26)38(27)41-34/h3-24H,1-2H3. The number of rotatable bonds is 3. The first-order chi connectivity index (χ1) is 20.5. The molecule has 42 heavy (non-hydrogen) atoms. The monoisotopic (exact) mass is 556 g/mol. The Kier molecular flexibility index (Phi) is 5.77. The maximum absolute atomic E-state index is 5.19. The minimum atomic E-state index is -0.0241. The molecule has 0 spiro atoms. The van der Waals surface area contributed by atoms with E-state index in [-0.39, 0.29) is 5.41 Å². The van der Waals surface area contributed by atoms with Crippen LogP contribution in [0.5, 0.6) is 0 Å². The van der Waals surface area contributed by atoms with Gasteiger partial charge in [0.1, 0.15) is 0 Å². The van der Waals surface area contributed by atoms with Crippen molar-refractivity contribution in [3.05, 3.63) is 145 Å². The first kappa shape index (κ1) is 25.0. The van der Waals surface area contributed by atoms with Crippen molar-refractivity contribution in [2.45, 2.75) is 29.1 Å². The van der Waals surface area contributed by atoms with Gasteiger partial charge in [-0.25, -0.2) is 9.97 Å². The zero-order valence-corrected chi connectivity index (χ0v) is 24.3. The number of hydrogen-bond acceptors (Lipinski definition) is 3. The minimum absolute atomic E-state index is 0.0241. The molecular weight excluding hydrogens is 529 g/mol. The highest BCUT2D eigenvalue weighted by atomic mass is 32.2. The lowest BCUT2D eigenvalue weighted by molar-refractivity contribution is 0.607. The number of fused-ring (bicyclic) bond motifs is 5. The van der Waals surface area contributed by atoms with Crippen molar-refractivity contribution in [2.24, 2.45) is 0 Å². The number of benzene rings is 5. The smallest absolute Gasteiger partial charge is 0.0972 e. The highest BCUT2D eigenvalue weighted by molar-refractivity contribution is 7.99. The van der Waals surface area contributed by atoms with E-state index in [1.54, 1.807) is 0 Å². The van der Waals surface area contributed by atoms with E-state index in [0.717, 1.165) is 44.3 Å². The molecule has 3 heterocycles. The Hall–Kier alpha value is -4.73. The molecule has 0 amide bonds. The summed E-state index contributed by atoms with van der Waals surface area (Å²) in [5, 5.41) is 2.19. The third kappa shape index (κ3) is 4.12. The maximum Gasteiger partial charge on any atom is 0.0972 e. The normalized spacial score (nSPS) is 13.6. The molecule has 1 aliphatic heterocycles. The Morgan fingerprint density at radius 2 is 1.02 bits per heavy atom. The van der Waals surface area contributed by atoms with Gasteiger partial charge < -0.3 is 0 Å². The van der Waals surface area contributed by atoms with Gasteiger partial charge in [0.25, 0.3) is 0 Å². The van der Waals surface area contributed by atoms with E-state index in [2.05, 4.69) is 141 Å². The van der Waals surface area contributed by atoms with Gasteiger partial charge in [-0.3, -0.25) is 0 Å². The largest absolute Gasteiger partial charge is 0.245 e. The fourth-order valence-electron chi connectivity index (χ4n) is 6.19. The molecule has 0 unspecified atom stereocenters. The lowest BCUT2D eigenvalue weighted by Crippen LogP contribution is -2.23. The molecule has 0 radical (unpaired) electrons. The van der Waals surface area contributed by atoms with Crippen LogP contribution in [0, 0.1) is 0 Å². The van der Waals surface area contributed by atoms with E-state index in [1.165, 1.54) is 32.0 Å². The van der Waals surface area contributed by atoms with Gasteiger partial charge in [-0.2, -0.15) is 0 Å². The minimum Gasteiger partial charge on any atom is -0.245 e. The van der Waals surface area contributed by atoms with Crippen molar-refractivity contribution in [1.82, 2.24) is 9.97 Å². The molecule has 0 saturated heterocycles. The first-order valence-corrected chi connectivity index (χ1v) is 15.1. The quantitative estimate of drug-likeness (QED) is 0.202. The molecule has 2 aromatic heterocycles. The lowest BCUT2D eigenvalue weighted by atomic mass is 9.77. The highest BCUT2D eigenvalue weighted by Crippen LogP contribution is 2.49. The lowest BCUT2D eigenvalue weighted by Gasteiger charge is -2.34. The second-order valence-electron chi connectivity index (χ2n) is 11.5. The third-order valence-electron chi connectivity index (χ3n) is 8.52. The maximum atomic E-state index is 5.19. The molecule has 0 saturated carbocycles. The van der Waals surface area contributed by atoms with E-state index in [9.17, 15) is 0 Å². The molecule has 200 valence electrons. The van der Waals surface area contributed by atoms with Crippen LogP contribution in [-0.2, 0) is 5.41 Å². The summed E-state index contributed by atoms with van der Waals surface area (Å²) in [6.07, 6.45) is 0. The van der Waals surface area contributed by atoms with Crippen molar-refractivity contribution >= 4 is 33.6 Å². The molecule has 5 aromatic carbocycles. The SMILES string of the molecule is CC1(C)c2ccccc2Sc2cc(-c3cccc(-c4ccc5ccc6ccc(-c7ccccc7)nc6c5n4)c3)ccc21. The molecule has 0 N–H and O–H groups in total. The number of pyridine rings is 2. The van der Waals surface area contributed by atoms with E-state index < -0.39 is 0 Å². The molecule has 0 atom stereocenters. The molecule has 0 fully saturated rings. The zero-order chi connectivity index (χ0) is 28.3. The Bertz CT molecular complexity index is 2150. The molecule has 0 bridgehead atoms. The van der Waals surface area contributed by atoms with Gasteiger partial charge in [-0.1, -0.05) is 129 Å². The topological polar surface area (TPSA) is 25.8 Å². The summed E-state index contributed by atoms with van der Waals surface area (Å²) < 4.78 is 0. The molecule has 0 aliphatic carbocycles. The van der Waals surface area contributed by atoms with E-state index in [1.807, 2.05) is 17.8 Å². The third-order valence-corrected chi connectivity index (χ3v) is 9.65. The second-order valence-corrected chi connectivity index (χ2v) is 12.6. The van der Waals surface area contributed by atoms with Gasteiger partial charge in [0, 0.05) is 37.1 Å². The molecule has 8 rings (SSSR count). The predicted molar refractivity (Wildman–Crippen MR) is 176 cm³/mol. The summed E-state index contributed by atoms with van der Waals surface area (Å²) in [5.41, 5.74) is 11.2. The van der Waals surface area contributed by atoms with Gasteiger partial charge >= 0.3 is 0 Å². The van der Waals surface area contributed by atoms with Crippen molar-refractivity contribution in [2.75, 3.05) is 0 Å². The average molecular weight is 557 g/mol. The van der Waals surface area contributed by atoms with Crippen LogP contribution < -0.4 is 0 Å². The Morgan fingerprint density at radius 3 is 1.79 bits per heavy atom. The van der Waals surface area contributed by atoms with Crippen molar-refractivity contribution in [3.63, 3.8) is 0 Å². The zero-order valence-electron chi connectivity index (χ0n) is 23.5. The number of nitrogens with zero attached hydrogens (tertiary/aromatic N) is 2. The average Bonchev–Trinajstić information content (AvgIpc) is 3.04. The van der Waals surface area contributed by atoms with E-state index in [0.29, 0.717) is 0 Å². The summed E-state index contributed by atoms with van der Waals surface area (Å²) in [6, 6.07) is 47.6. The van der Waals surface area contributed by atoms with Crippen molar-refractivity contribution in [3.8, 4) is 33.6 Å². The number of aromatic nitrogens is 2. The molecule has 3 heteroatoms. The number of hydrogen-bond donors (Lipinski definition) is 0. The first-order valence-electron chi connectivity index (χ1n) is 14.3. The van der Waals surface area contributed by atoms with Crippen LogP contribution in [-0.4, -0.2) is 9.97 Å². The molecule has 1 aliphatic rings. The fraction of sp³-hybridized carbons (Fsp3) is 0.0769. The van der Waals surface area contributed by atoms with Crippen LogP contribution in [0.3, 0.4) is 0 Å².